The fraction of sp³-hybridized carbons (Fsp3) is 0.188. The highest BCUT2D eigenvalue weighted by Gasteiger charge is 2.18. The molecule has 2 aromatic rings. The third kappa shape index (κ3) is 4.62. The molecule has 0 aliphatic rings. The average Bonchev–Trinajstić information content (AvgIpc) is 2.50. The number of anilines is 2. The molecule has 0 fully saturated rings. The number of benzene rings is 1. The Hall–Kier alpha value is -2.25. The molecule has 24 heavy (non-hydrogen) atoms. The van der Waals surface area contributed by atoms with Gasteiger partial charge in [0.05, 0.1) is 5.25 Å². The predicted molar refractivity (Wildman–Crippen MR) is 98.5 cm³/mol. The lowest BCUT2D eigenvalue weighted by Gasteiger charge is -2.16. The van der Waals surface area contributed by atoms with Crippen molar-refractivity contribution in [3.63, 3.8) is 0 Å². The van der Waals surface area contributed by atoms with Gasteiger partial charge in [0.1, 0.15) is 5.82 Å². The lowest BCUT2D eigenvalue weighted by Crippen LogP contribution is -2.25. The summed E-state index contributed by atoms with van der Waals surface area (Å²) in [6.07, 6.45) is 1.64. The highest BCUT2D eigenvalue weighted by molar-refractivity contribution is 8.00. The second-order valence-corrected chi connectivity index (χ2v) is 6.71. The first-order valence-corrected chi connectivity index (χ1v) is 8.38. The van der Waals surface area contributed by atoms with Crippen molar-refractivity contribution >= 4 is 40.8 Å². The van der Waals surface area contributed by atoms with Gasteiger partial charge >= 0.3 is 0 Å². The molecule has 8 heteroatoms. The fourth-order valence-corrected chi connectivity index (χ4v) is 3.05. The summed E-state index contributed by atoms with van der Waals surface area (Å²) in [4.78, 5) is 27.9. The molecule has 6 nitrogen and oxygen atoms in total. The number of allylic oxidation sites excluding steroid dienone is 1. The highest BCUT2D eigenvalue weighted by Crippen LogP contribution is 2.24. The highest BCUT2D eigenvalue weighted by atomic mass is 35.5. The summed E-state index contributed by atoms with van der Waals surface area (Å²) < 4.78 is 1.63. The number of nitrogens with zero attached hydrogens (tertiary/aromatic N) is 2. The SMILES string of the molecule is C=CCn1c(N)cc(=O)nc1S[C@@H](C)C(=O)Nc1cccc(Cl)c1. The van der Waals surface area contributed by atoms with Crippen LogP contribution in [0.5, 0.6) is 0 Å². The number of carbonyl (C=O) groups is 1. The first kappa shape index (κ1) is 18.1. The van der Waals surface area contributed by atoms with Crippen LogP contribution >= 0.6 is 23.4 Å². The summed E-state index contributed by atoms with van der Waals surface area (Å²) in [5, 5.41) is 3.18. The molecule has 0 aliphatic heterocycles. The van der Waals surface area contributed by atoms with Crippen molar-refractivity contribution in [2.45, 2.75) is 23.9 Å². The van der Waals surface area contributed by atoms with E-state index in [4.69, 9.17) is 17.3 Å². The van der Waals surface area contributed by atoms with Gasteiger partial charge in [0.2, 0.25) is 5.91 Å². The first-order valence-electron chi connectivity index (χ1n) is 7.12. The van der Waals surface area contributed by atoms with Gasteiger partial charge in [-0.1, -0.05) is 35.5 Å². The van der Waals surface area contributed by atoms with Crippen LogP contribution < -0.4 is 16.6 Å². The number of rotatable bonds is 6. The third-order valence-corrected chi connectivity index (χ3v) is 4.40. The molecule has 1 aromatic heterocycles. The summed E-state index contributed by atoms with van der Waals surface area (Å²) in [6, 6.07) is 8.11. The van der Waals surface area contributed by atoms with E-state index in [-0.39, 0.29) is 11.7 Å². The minimum atomic E-state index is -0.492. The van der Waals surface area contributed by atoms with Crippen molar-refractivity contribution in [1.29, 1.82) is 0 Å². The Morgan fingerprint density at radius 2 is 2.29 bits per heavy atom. The van der Waals surface area contributed by atoms with Crippen molar-refractivity contribution in [2.75, 3.05) is 11.1 Å². The largest absolute Gasteiger partial charge is 0.385 e. The third-order valence-electron chi connectivity index (χ3n) is 3.08. The molecule has 3 N–H and O–H groups in total. The second kappa shape index (κ2) is 8.03. The Labute approximate surface area is 148 Å². The van der Waals surface area contributed by atoms with E-state index < -0.39 is 10.8 Å². The molecule has 1 aromatic carbocycles. The maximum absolute atomic E-state index is 12.3. The average molecular weight is 365 g/mol. The lowest BCUT2D eigenvalue weighted by atomic mass is 10.3. The summed E-state index contributed by atoms with van der Waals surface area (Å²) in [5.41, 5.74) is 6.00. The number of nitrogens with one attached hydrogen (secondary N) is 1. The standard InChI is InChI=1S/C16H17ClN4O2S/c1-3-7-21-13(18)9-14(22)20-16(21)24-10(2)15(23)19-12-6-4-5-11(17)8-12/h3-6,8-10H,1,7,18H2,2H3,(H,19,23)/t10-/m0/s1. The monoisotopic (exact) mass is 364 g/mol. The van der Waals surface area contributed by atoms with Gasteiger partial charge in [-0.15, -0.1) is 6.58 Å². The van der Waals surface area contributed by atoms with Gasteiger partial charge in [-0.05, 0) is 25.1 Å². The first-order chi connectivity index (χ1) is 11.4. The quantitative estimate of drug-likeness (QED) is 0.467. The number of aromatic nitrogens is 2. The fourth-order valence-electron chi connectivity index (χ4n) is 1.93. The van der Waals surface area contributed by atoms with Crippen LogP contribution in [0.25, 0.3) is 0 Å². The van der Waals surface area contributed by atoms with Crippen molar-refractivity contribution in [3.05, 3.63) is 58.4 Å². The van der Waals surface area contributed by atoms with Gasteiger partial charge in [0.25, 0.3) is 5.56 Å². The maximum Gasteiger partial charge on any atom is 0.275 e. The Kier molecular flexibility index (Phi) is 6.05. The zero-order valence-electron chi connectivity index (χ0n) is 13.0. The molecule has 1 heterocycles. The van der Waals surface area contributed by atoms with Crippen molar-refractivity contribution in [2.24, 2.45) is 0 Å². The number of hydrogen-bond acceptors (Lipinski definition) is 5. The van der Waals surface area contributed by atoms with Crippen LogP contribution in [0.2, 0.25) is 5.02 Å². The maximum atomic E-state index is 12.3. The van der Waals surface area contributed by atoms with Crippen LogP contribution in [0.3, 0.4) is 0 Å². The summed E-state index contributed by atoms with van der Waals surface area (Å²) in [5.74, 6) is 0.0453. The number of nitrogen functional groups attached to an aromatic ring is 1. The van der Waals surface area contributed by atoms with Gasteiger partial charge in [0.15, 0.2) is 5.16 Å². The van der Waals surface area contributed by atoms with Crippen LogP contribution in [0, 0.1) is 0 Å². The molecule has 0 aliphatic carbocycles. The zero-order chi connectivity index (χ0) is 17.7. The molecule has 0 saturated heterocycles. The molecule has 2 rings (SSSR count). The second-order valence-electron chi connectivity index (χ2n) is 4.96. The van der Waals surface area contributed by atoms with E-state index in [2.05, 4.69) is 16.9 Å². The summed E-state index contributed by atoms with van der Waals surface area (Å²) in [7, 11) is 0. The van der Waals surface area contributed by atoms with Crippen LogP contribution in [0.4, 0.5) is 11.5 Å². The Morgan fingerprint density at radius 3 is 2.96 bits per heavy atom. The number of nitrogens with two attached hydrogens (primary N) is 1. The molecule has 1 amide bonds. The smallest absolute Gasteiger partial charge is 0.275 e. The summed E-state index contributed by atoms with van der Waals surface area (Å²) >= 11 is 7.05. The van der Waals surface area contributed by atoms with E-state index in [1.165, 1.54) is 6.07 Å². The molecule has 0 saturated carbocycles. The van der Waals surface area contributed by atoms with Gasteiger partial charge in [-0.25, -0.2) is 0 Å². The Bertz CT molecular complexity index is 822. The van der Waals surface area contributed by atoms with Crippen LogP contribution in [0.15, 0.2) is 52.9 Å². The van der Waals surface area contributed by atoms with Crippen LogP contribution in [-0.4, -0.2) is 20.7 Å². The summed E-state index contributed by atoms with van der Waals surface area (Å²) in [6.45, 7) is 5.77. The van der Waals surface area contributed by atoms with Crippen molar-refractivity contribution in [1.82, 2.24) is 9.55 Å². The predicted octanol–water partition coefficient (Wildman–Crippen LogP) is 2.78. The molecular formula is C16H17ClN4O2S. The van der Waals surface area contributed by atoms with E-state index in [0.717, 1.165) is 11.8 Å². The van der Waals surface area contributed by atoms with E-state index in [0.29, 0.717) is 22.4 Å². The molecule has 0 bridgehead atoms. The van der Waals surface area contributed by atoms with E-state index >= 15 is 0 Å². The number of thioether (sulfide) groups is 1. The number of amides is 1. The van der Waals surface area contributed by atoms with Crippen LogP contribution in [-0.2, 0) is 11.3 Å². The molecule has 0 unspecified atom stereocenters. The molecule has 126 valence electrons. The van der Waals surface area contributed by atoms with E-state index in [9.17, 15) is 9.59 Å². The van der Waals surface area contributed by atoms with E-state index in [1.54, 1.807) is 41.8 Å². The minimum absolute atomic E-state index is 0.232. The topological polar surface area (TPSA) is 90.0 Å². The van der Waals surface area contributed by atoms with Gasteiger partial charge in [0, 0.05) is 23.3 Å². The van der Waals surface area contributed by atoms with Crippen molar-refractivity contribution < 1.29 is 4.79 Å². The van der Waals surface area contributed by atoms with Crippen LogP contribution in [0.1, 0.15) is 6.92 Å². The number of carbonyl (C=O) groups excluding carboxylic acids is 1. The Morgan fingerprint density at radius 1 is 1.54 bits per heavy atom. The molecule has 0 spiro atoms. The molecule has 0 radical (unpaired) electrons. The van der Waals surface area contributed by atoms with E-state index in [1.807, 2.05) is 0 Å². The number of halogens is 1. The van der Waals surface area contributed by atoms with Gasteiger partial charge in [-0.2, -0.15) is 4.98 Å². The number of hydrogen-bond donors (Lipinski definition) is 2. The normalized spacial score (nSPS) is 11.8. The van der Waals surface area contributed by atoms with Gasteiger partial charge < -0.3 is 15.6 Å². The zero-order valence-corrected chi connectivity index (χ0v) is 14.6. The molecular weight excluding hydrogens is 348 g/mol. The van der Waals surface area contributed by atoms with Gasteiger partial charge in [-0.3, -0.25) is 9.59 Å². The molecule has 1 atom stereocenters. The minimum Gasteiger partial charge on any atom is -0.385 e. The Balaban J connectivity index is 2.16. The van der Waals surface area contributed by atoms with Crippen molar-refractivity contribution in [3.8, 4) is 0 Å². The lowest BCUT2D eigenvalue weighted by molar-refractivity contribution is -0.115.